The first kappa shape index (κ1) is 11.7. The van der Waals surface area contributed by atoms with Gasteiger partial charge in [-0.25, -0.2) is 0 Å². The van der Waals surface area contributed by atoms with Crippen LogP contribution in [0.4, 0.5) is 11.4 Å². The van der Waals surface area contributed by atoms with Gasteiger partial charge in [0, 0.05) is 13.1 Å². The van der Waals surface area contributed by atoms with Crippen molar-refractivity contribution >= 4 is 11.4 Å². The molecule has 3 N–H and O–H groups in total. The SMILES string of the molecule is CC1(O)CCCN(c2cc(C#N)ccc2N)C1. The van der Waals surface area contributed by atoms with Gasteiger partial charge in [0.2, 0.25) is 0 Å². The Morgan fingerprint density at radius 2 is 2.29 bits per heavy atom. The molecule has 0 saturated carbocycles. The zero-order valence-corrected chi connectivity index (χ0v) is 9.98. The monoisotopic (exact) mass is 231 g/mol. The van der Waals surface area contributed by atoms with Gasteiger partial charge in [-0.05, 0) is 38.0 Å². The van der Waals surface area contributed by atoms with Gasteiger partial charge < -0.3 is 15.7 Å². The Balaban J connectivity index is 2.30. The summed E-state index contributed by atoms with van der Waals surface area (Å²) < 4.78 is 0. The number of nitrogen functional groups attached to an aromatic ring is 1. The first-order valence-electron chi connectivity index (χ1n) is 5.79. The molecule has 0 amide bonds. The Kier molecular flexibility index (Phi) is 2.95. The van der Waals surface area contributed by atoms with E-state index in [-0.39, 0.29) is 0 Å². The number of hydrogen-bond donors (Lipinski definition) is 2. The third-order valence-electron chi connectivity index (χ3n) is 3.18. The van der Waals surface area contributed by atoms with Crippen molar-refractivity contribution < 1.29 is 5.11 Å². The van der Waals surface area contributed by atoms with Gasteiger partial charge in [0.1, 0.15) is 0 Å². The highest BCUT2D eigenvalue weighted by molar-refractivity contribution is 5.70. The number of benzene rings is 1. The summed E-state index contributed by atoms with van der Waals surface area (Å²) in [5.74, 6) is 0. The lowest BCUT2D eigenvalue weighted by molar-refractivity contribution is 0.0450. The van der Waals surface area contributed by atoms with Gasteiger partial charge in [-0.15, -0.1) is 0 Å². The number of hydrogen-bond acceptors (Lipinski definition) is 4. The van der Waals surface area contributed by atoms with Crippen molar-refractivity contribution in [3.63, 3.8) is 0 Å². The minimum atomic E-state index is -0.673. The molecule has 1 aliphatic heterocycles. The lowest BCUT2D eigenvalue weighted by Crippen LogP contribution is -2.46. The fraction of sp³-hybridized carbons (Fsp3) is 0.462. The molecule has 4 nitrogen and oxygen atoms in total. The van der Waals surface area contributed by atoms with E-state index < -0.39 is 5.60 Å². The lowest BCUT2D eigenvalue weighted by Gasteiger charge is -2.38. The van der Waals surface area contributed by atoms with Crippen LogP contribution in [-0.2, 0) is 0 Å². The summed E-state index contributed by atoms with van der Waals surface area (Å²) in [7, 11) is 0. The molecule has 90 valence electrons. The van der Waals surface area contributed by atoms with Gasteiger partial charge in [0.05, 0.1) is 28.6 Å². The topological polar surface area (TPSA) is 73.3 Å². The van der Waals surface area contributed by atoms with Crippen molar-refractivity contribution in [3.8, 4) is 6.07 Å². The number of nitrogens with zero attached hydrogens (tertiary/aromatic N) is 2. The van der Waals surface area contributed by atoms with E-state index in [0.717, 1.165) is 25.1 Å². The van der Waals surface area contributed by atoms with Gasteiger partial charge in [-0.2, -0.15) is 5.26 Å². The third kappa shape index (κ3) is 2.51. The predicted octanol–water partition coefficient (Wildman–Crippen LogP) is 1.49. The molecule has 1 fully saturated rings. The number of piperidine rings is 1. The maximum atomic E-state index is 10.1. The third-order valence-corrected chi connectivity index (χ3v) is 3.18. The maximum absolute atomic E-state index is 10.1. The van der Waals surface area contributed by atoms with Crippen molar-refractivity contribution in [3.05, 3.63) is 23.8 Å². The lowest BCUT2D eigenvalue weighted by atomic mass is 9.94. The van der Waals surface area contributed by atoms with Gasteiger partial charge in [0.25, 0.3) is 0 Å². The van der Waals surface area contributed by atoms with E-state index >= 15 is 0 Å². The number of aliphatic hydroxyl groups is 1. The van der Waals surface area contributed by atoms with Crippen LogP contribution in [-0.4, -0.2) is 23.8 Å². The molecule has 0 spiro atoms. The summed E-state index contributed by atoms with van der Waals surface area (Å²) in [5, 5.41) is 19.0. The normalized spacial score (nSPS) is 24.4. The van der Waals surface area contributed by atoms with Crippen LogP contribution < -0.4 is 10.6 Å². The molecule has 1 heterocycles. The second-order valence-corrected chi connectivity index (χ2v) is 4.91. The van der Waals surface area contributed by atoms with E-state index in [0.29, 0.717) is 17.8 Å². The number of β-amino-alcohol motifs (C(OH)–C–C–N with tert-alkyl or cyclic N) is 1. The van der Waals surface area contributed by atoms with Crippen LogP contribution in [0.5, 0.6) is 0 Å². The summed E-state index contributed by atoms with van der Waals surface area (Å²) in [6.45, 7) is 3.27. The largest absolute Gasteiger partial charge is 0.397 e. The summed E-state index contributed by atoms with van der Waals surface area (Å²) in [5.41, 5.74) is 7.36. The molecule has 1 saturated heterocycles. The molecule has 2 rings (SSSR count). The first-order valence-corrected chi connectivity index (χ1v) is 5.79. The Morgan fingerprint density at radius 1 is 1.53 bits per heavy atom. The van der Waals surface area contributed by atoms with E-state index in [1.54, 1.807) is 18.2 Å². The average Bonchev–Trinajstić information content (AvgIpc) is 2.28. The highest BCUT2D eigenvalue weighted by Crippen LogP contribution is 2.30. The van der Waals surface area contributed by atoms with E-state index in [9.17, 15) is 5.11 Å². The number of anilines is 2. The molecule has 1 aromatic rings. The van der Waals surface area contributed by atoms with E-state index in [2.05, 4.69) is 11.0 Å². The van der Waals surface area contributed by atoms with Crippen molar-refractivity contribution in [1.82, 2.24) is 0 Å². The smallest absolute Gasteiger partial charge is 0.0992 e. The fourth-order valence-electron chi connectivity index (χ4n) is 2.31. The number of rotatable bonds is 1. The highest BCUT2D eigenvalue weighted by Gasteiger charge is 2.29. The Hall–Kier alpha value is -1.73. The number of nitrogens with two attached hydrogens (primary N) is 1. The number of nitriles is 1. The quantitative estimate of drug-likeness (QED) is 0.718. The fourth-order valence-corrected chi connectivity index (χ4v) is 2.31. The zero-order chi connectivity index (χ0) is 12.5. The molecular formula is C13H17N3O. The van der Waals surface area contributed by atoms with Gasteiger partial charge >= 0.3 is 0 Å². The van der Waals surface area contributed by atoms with Crippen molar-refractivity contribution in [2.24, 2.45) is 0 Å². The van der Waals surface area contributed by atoms with Gasteiger partial charge in [0.15, 0.2) is 0 Å². The maximum Gasteiger partial charge on any atom is 0.0992 e. The van der Waals surface area contributed by atoms with Gasteiger partial charge in [-0.1, -0.05) is 0 Å². The Bertz CT molecular complexity index is 462. The van der Waals surface area contributed by atoms with Crippen LogP contribution >= 0.6 is 0 Å². The molecule has 4 heteroatoms. The van der Waals surface area contributed by atoms with Crippen molar-refractivity contribution in [2.45, 2.75) is 25.4 Å². The molecule has 0 bridgehead atoms. The van der Waals surface area contributed by atoms with Crippen molar-refractivity contribution in [1.29, 1.82) is 5.26 Å². The van der Waals surface area contributed by atoms with Gasteiger partial charge in [-0.3, -0.25) is 0 Å². The van der Waals surface area contributed by atoms with Crippen LogP contribution in [0.3, 0.4) is 0 Å². The van der Waals surface area contributed by atoms with Crippen LogP contribution in [0, 0.1) is 11.3 Å². The standard InChI is InChI=1S/C13H17N3O/c1-13(17)5-2-6-16(9-13)12-7-10(8-14)3-4-11(12)15/h3-4,7,17H,2,5-6,9,15H2,1H3. The molecule has 1 aliphatic rings. The Labute approximate surface area is 101 Å². The molecule has 17 heavy (non-hydrogen) atoms. The summed E-state index contributed by atoms with van der Waals surface area (Å²) in [6.07, 6.45) is 1.74. The molecule has 1 atom stereocenters. The van der Waals surface area contributed by atoms with Crippen LogP contribution in [0.25, 0.3) is 0 Å². The second-order valence-electron chi connectivity index (χ2n) is 4.91. The molecule has 0 radical (unpaired) electrons. The van der Waals surface area contributed by atoms with E-state index in [1.807, 2.05) is 6.92 Å². The second kappa shape index (κ2) is 4.27. The summed E-state index contributed by atoms with van der Waals surface area (Å²) in [4.78, 5) is 2.06. The molecule has 0 aliphatic carbocycles. The van der Waals surface area contributed by atoms with Crippen LogP contribution in [0.2, 0.25) is 0 Å². The predicted molar refractivity (Wildman–Crippen MR) is 67.6 cm³/mol. The minimum Gasteiger partial charge on any atom is -0.397 e. The summed E-state index contributed by atoms with van der Waals surface area (Å²) >= 11 is 0. The van der Waals surface area contributed by atoms with E-state index in [4.69, 9.17) is 11.0 Å². The van der Waals surface area contributed by atoms with Crippen molar-refractivity contribution in [2.75, 3.05) is 23.7 Å². The average molecular weight is 231 g/mol. The first-order chi connectivity index (χ1) is 8.02. The molecule has 0 aromatic heterocycles. The highest BCUT2D eigenvalue weighted by atomic mass is 16.3. The Morgan fingerprint density at radius 3 is 2.94 bits per heavy atom. The molecular weight excluding hydrogens is 214 g/mol. The molecule has 1 unspecified atom stereocenters. The summed E-state index contributed by atoms with van der Waals surface area (Å²) in [6, 6.07) is 7.35. The van der Waals surface area contributed by atoms with Crippen LogP contribution in [0.1, 0.15) is 25.3 Å². The zero-order valence-electron chi connectivity index (χ0n) is 9.98. The van der Waals surface area contributed by atoms with E-state index in [1.165, 1.54) is 0 Å². The molecule has 1 aromatic carbocycles. The minimum absolute atomic E-state index is 0.562. The van der Waals surface area contributed by atoms with Crippen LogP contribution in [0.15, 0.2) is 18.2 Å².